The number of aliphatic carboxylic acids is 1. The van der Waals surface area contributed by atoms with Gasteiger partial charge in [0, 0.05) is 18.9 Å². The lowest BCUT2D eigenvalue weighted by Gasteiger charge is -2.15. The Morgan fingerprint density at radius 3 is 2.44 bits per heavy atom. The first kappa shape index (κ1) is 17.2. The molecule has 0 heterocycles. The van der Waals surface area contributed by atoms with E-state index in [2.05, 4.69) is 5.32 Å². The van der Waals surface area contributed by atoms with Gasteiger partial charge in [-0.05, 0) is 12.8 Å². The van der Waals surface area contributed by atoms with E-state index in [0.717, 1.165) is 6.08 Å². The topological polar surface area (TPSA) is 153 Å². The number of carboxylic acids is 1. The number of hydrogen-bond acceptors (Lipinski definition) is 5. The van der Waals surface area contributed by atoms with Crippen LogP contribution >= 0.6 is 7.60 Å². The second kappa shape index (κ2) is 8.36. The van der Waals surface area contributed by atoms with Gasteiger partial charge in [-0.3, -0.25) is 9.36 Å². The molecule has 0 fully saturated rings. The van der Waals surface area contributed by atoms with Gasteiger partial charge in [0.2, 0.25) is 0 Å². The summed E-state index contributed by atoms with van der Waals surface area (Å²) >= 11 is 0. The Morgan fingerprint density at radius 1 is 1.39 bits per heavy atom. The Kier molecular flexibility index (Phi) is 8.01. The van der Waals surface area contributed by atoms with Gasteiger partial charge in [-0.15, -0.1) is 0 Å². The van der Waals surface area contributed by atoms with Crippen LogP contribution in [0.5, 0.6) is 0 Å². The van der Waals surface area contributed by atoms with Crippen molar-refractivity contribution in [1.82, 2.24) is 5.32 Å². The van der Waals surface area contributed by atoms with Crippen molar-refractivity contribution in [1.29, 1.82) is 0 Å². The molecule has 0 saturated carbocycles. The summed E-state index contributed by atoms with van der Waals surface area (Å²) < 4.78 is 10.5. The third-order valence-corrected chi connectivity index (χ3v) is 2.74. The van der Waals surface area contributed by atoms with E-state index < -0.39 is 25.7 Å². The zero-order chi connectivity index (χ0) is 14.2. The quantitative estimate of drug-likeness (QED) is 0.289. The molecule has 0 aromatic rings. The fraction of sp³-hybridized carbons (Fsp3) is 0.667. The highest BCUT2D eigenvalue weighted by Crippen LogP contribution is 2.35. The van der Waals surface area contributed by atoms with Crippen LogP contribution in [0.3, 0.4) is 0 Å². The normalized spacial score (nSPS) is 15.8. The van der Waals surface area contributed by atoms with Crippen molar-refractivity contribution >= 4 is 13.6 Å². The third-order valence-electron chi connectivity index (χ3n) is 2.14. The standard InChI is InChI=1S/C9H19N2O6P/c10-6-7(12)2-3-8(9(13)14)11-4-1-5-18(15,16)17/h1,5,7-8,11-12H,2-4,6,10H2,(H,13,14)(H2,15,16,17)/t7-,8+/m1/s1. The van der Waals surface area contributed by atoms with Crippen molar-refractivity contribution in [3.63, 3.8) is 0 Å². The summed E-state index contributed by atoms with van der Waals surface area (Å²) in [5.41, 5.74) is 5.19. The predicted molar refractivity (Wildman–Crippen MR) is 64.9 cm³/mol. The van der Waals surface area contributed by atoms with Gasteiger partial charge in [0.25, 0.3) is 0 Å². The minimum atomic E-state index is -4.21. The van der Waals surface area contributed by atoms with E-state index in [1.807, 2.05) is 0 Å². The average molecular weight is 282 g/mol. The first-order chi connectivity index (χ1) is 8.26. The van der Waals surface area contributed by atoms with Gasteiger partial charge in [0.15, 0.2) is 0 Å². The van der Waals surface area contributed by atoms with Crippen LogP contribution in [0.1, 0.15) is 12.8 Å². The lowest BCUT2D eigenvalue weighted by molar-refractivity contribution is -0.139. The largest absolute Gasteiger partial charge is 0.480 e. The molecule has 0 aliphatic heterocycles. The molecule has 0 aliphatic carbocycles. The SMILES string of the molecule is NC[C@H](O)CC[C@H](NCC=CP(=O)(O)O)C(=O)O. The van der Waals surface area contributed by atoms with E-state index >= 15 is 0 Å². The first-order valence-electron chi connectivity index (χ1n) is 5.33. The minimum Gasteiger partial charge on any atom is -0.480 e. The van der Waals surface area contributed by atoms with E-state index in [1.165, 1.54) is 0 Å². The number of nitrogens with one attached hydrogen (secondary N) is 1. The van der Waals surface area contributed by atoms with Crippen molar-refractivity contribution in [2.45, 2.75) is 25.0 Å². The van der Waals surface area contributed by atoms with Crippen LogP contribution in [-0.2, 0) is 9.36 Å². The summed E-state index contributed by atoms with van der Waals surface area (Å²) in [5.74, 6) is -0.392. The highest BCUT2D eigenvalue weighted by atomic mass is 31.2. The molecule has 0 bridgehead atoms. The van der Waals surface area contributed by atoms with E-state index in [0.29, 0.717) is 5.82 Å². The Labute approximate surface area is 105 Å². The molecule has 0 spiro atoms. The summed E-state index contributed by atoms with van der Waals surface area (Å²) in [6, 6.07) is -0.896. The number of aliphatic hydroxyl groups excluding tert-OH is 1. The van der Waals surface area contributed by atoms with Crippen molar-refractivity contribution in [2.75, 3.05) is 13.1 Å². The van der Waals surface area contributed by atoms with Crippen molar-refractivity contribution in [3.8, 4) is 0 Å². The predicted octanol–water partition coefficient (Wildman–Crippen LogP) is -1.18. The summed E-state index contributed by atoms with van der Waals surface area (Å²) in [4.78, 5) is 27.9. The fourth-order valence-corrected chi connectivity index (χ4v) is 1.57. The lowest BCUT2D eigenvalue weighted by atomic mass is 10.1. The monoisotopic (exact) mass is 282 g/mol. The van der Waals surface area contributed by atoms with Crippen LogP contribution in [0.2, 0.25) is 0 Å². The molecule has 0 aromatic heterocycles. The zero-order valence-electron chi connectivity index (χ0n) is 9.77. The number of carboxylic acid groups (broad SMARTS) is 1. The Bertz CT molecular complexity index is 329. The molecule has 0 rings (SSSR count). The number of nitrogens with two attached hydrogens (primary N) is 1. The average Bonchev–Trinajstić information content (AvgIpc) is 2.25. The molecule has 0 aliphatic rings. The summed E-state index contributed by atoms with van der Waals surface area (Å²) in [7, 11) is -4.21. The van der Waals surface area contributed by atoms with Crippen LogP contribution < -0.4 is 11.1 Å². The van der Waals surface area contributed by atoms with Crippen LogP contribution in [0.4, 0.5) is 0 Å². The highest BCUT2D eigenvalue weighted by molar-refractivity contribution is 7.55. The van der Waals surface area contributed by atoms with E-state index in [1.54, 1.807) is 0 Å². The molecule has 106 valence electrons. The highest BCUT2D eigenvalue weighted by Gasteiger charge is 2.17. The van der Waals surface area contributed by atoms with Gasteiger partial charge in [-0.2, -0.15) is 0 Å². The molecular formula is C9H19N2O6P. The van der Waals surface area contributed by atoms with Crippen LogP contribution in [-0.4, -0.2) is 51.2 Å². The van der Waals surface area contributed by atoms with Gasteiger partial charge >= 0.3 is 13.6 Å². The molecule has 0 saturated heterocycles. The van der Waals surface area contributed by atoms with Gasteiger partial charge < -0.3 is 31.1 Å². The zero-order valence-corrected chi connectivity index (χ0v) is 10.7. The van der Waals surface area contributed by atoms with Crippen LogP contribution in [0.15, 0.2) is 11.9 Å². The minimum absolute atomic E-state index is 0.0147. The van der Waals surface area contributed by atoms with Gasteiger partial charge in [0.1, 0.15) is 6.04 Å². The molecule has 0 aromatic carbocycles. The Morgan fingerprint density at radius 2 is 2.00 bits per heavy atom. The number of rotatable bonds is 9. The second-order valence-electron chi connectivity index (χ2n) is 3.74. The van der Waals surface area contributed by atoms with Crippen molar-refractivity contribution in [2.24, 2.45) is 5.73 Å². The van der Waals surface area contributed by atoms with E-state index in [4.69, 9.17) is 20.6 Å². The molecule has 7 N–H and O–H groups in total. The number of hydrogen-bond donors (Lipinski definition) is 6. The van der Waals surface area contributed by atoms with Crippen LogP contribution in [0.25, 0.3) is 0 Å². The fourth-order valence-electron chi connectivity index (χ4n) is 1.19. The smallest absolute Gasteiger partial charge is 0.348 e. The number of aliphatic hydroxyl groups is 1. The first-order valence-corrected chi connectivity index (χ1v) is 7.01. The molecule has 0 amide bonds. The third kappa shape index (κ3) is 9.29. The molecular weight excluding hydrogens is 263 g/mol. The maximum atomic E-state index is 10.8. The van der Waals surface area contributed by atoms with Gasteiger partial charge in [-0.25, -0.2) is 0 Å². The second-order valence-corrected chi connectivity index (χ2v) is 5.22. The van der Waals surface area contributed by atoms with E-state index in [9.17, 15) is 14.5 Å². The Balaban J connectivity index is 4.10. The maximum absolute atomic E-state index is 10.8. The molecule has 0 radical (unpaired) electrons. The van der Waals surface area contributed by atoms with Crippen molar-refractivity contribution < 1.29 is 29.4 Å². The Hall–Kier alpha value is -0.760. The molecule has 9 heteroatoms. The summed E-state index contributed by atoms with van der Waals surface area (Å²) in [5, 5.41) is 20.7. The van der Waals surface area contributed by atoms with Crippen LogP contribution in [0, 0.1) is 0 Å². The molecule has 8 nitrogen and oxygen atoms in total. The number of carbonyl (C=O) groups is 1. The van der Waals surface area contributed by atoms with Gasteiger partial charge in [-0.1, -0.05) is 6.08 Å². The molecule has 2 atom stereocenters. The van der Waals surface area contributed by atoms with Gasteiger partial charge in [0.05, 0.1) is 6.10 Å². The summed E-state index contributed by atoms with van der Waals surface area (Å²) in [6.45, 7) is 0.0746. The maximum Gasteiger partial charge on any atom is 0.348 e. The molecule has 18 heavy (non-hydrogen) atoms. The van der Waals surface area contributed by atoms with Crippen molar-refractivity contribution in [3.05, 3.63) is 11.9 Å². The lowest BCUT2D eigenvalue weighted by Crippen LogP contribution is -2.38. The summed E-state index contributed by atoms with van der Waals surface area (Å²) in [6.07, 6.45) is 0.829. The molecule has 0 unspecified atom stereocenters. The van der Waals surface area contributed by atoms with E-state index in [-0.39, 0.29) is 25.9 Å².